The summed E-state index contributed by atoms with van der Waals surface area (Å²) in [5.41, 5.74) is 7.74. The molecule has 0 radical (unpaired) electrons. The van der Waals surface area contributed by atoms with Crippen molar-refractivity contribution in [1.82, 2.24) is 14.3 Å². The summed E-state index contributed by atoms with van der Waals surface area (Å²) < 4.78 is 4.49. The van der Waals surface area contributed by atoms with Crippen molar-refractivity contribution < 1.29 is 0 Å². The average Bonchev–Trinajstić information content (AvgIpc) is 2.71. The van der Waals surface area contributed by atoms with Gasteiger partial charge in [0.1, 0.15) is 0 Å². The molecule has 2 aromatic rings. The summed E-state index contributed by atoms with van der Waals surface area (Å²) in [5.74, 6) is 0. The van der Waals surface area contributed by atoms with Crippen molar-refractivity contribution in [3.05, 3.63) is 44.5 Å². The van der Waals surface area contributed by atoms with Gasteiger partial charge in [-0.05, 0) is 41.4 Å². The molecule has 0 atom stereocenters. The first-order valence-electron chi connectivity index (χ1n) is 6.27. The van der Waals surface area contributed by atoms with Gasteiger partial charge in [-0.15, -0.1) is 0 Å². The molecule has 0 spiro atoms. The molecule has 102 valence electrons. The minimum atomic E-state index is -0.170. The predicted molar refractivity (Wildman–Crippen MR) is 79.2 cm³/mol. The standard InChI is InChI=1S/C13H17BrN4O/c1-3-10-12(14)11(18(4-2)16-10)8-17-7-5-6-9(15)13(17)19/h5-7H,3-4,8,15H2,1-2H3. The maximum absolute atomic E-state index is 12.0. The first-order valence-corrected chi connectivity index (χ1v) is 7.06. The van der Waals surface area contributed by atoms with Crippen LogP contribution in [0.25, 0.3) is 0 Å². The number of aromatic nitrogens is 3. The summed E-state index contributed by atoms with van der Waals surface area (Å²) in [6.45, 7) is 5.32. The Morgan fingerprint density at radius 2 is 2.16 bits per heavy atom. The number of nitrogens with zero attached hydrogens (tertiary/aromatic N) is 3. The number of hydrogen-bond donors (Lipinski definition) is 1. The van der Waals surface area contributed by atoms with E-state index < -0.39 is 0 Å². The number of halogens is 1. The molecule has 0 bridgehead atoms. The minimum absolute atomic E-state index is 0.170. The number of hydrogen-bond acceptors (Lipinski definition) is 3. The van der Waals surface area contributed by atoms with Crippen LogP contribution in [0.1, 0.15) is 25.2 Å². The molecule has 6 heteroatoms. The Labute approximate surface area is 120 Å². The maximum atomic E-state index is 12.0. The molecule has 0 saturated carbocycles. The van der Waals surface area contributed by atoms with E-state index in [9.17, 15) is 4.79 Å². The molecule has 2 aromatic heterocycles. The molecule has 0 amide bonds. The van der Waals surface area contributed by atoms with Crippen LogP contribution in [0.5, 0.6) is 0 Å². The van der Waals surface area contributed by atoms with Gasteiger partial charge in [0.05, 0.1) is 28.1 Å². The first-order chi connectivity index (χ1) is 9.08. The van der Waals surface area contributed by atoms with Crippen molar-refractivity contribution in [2.45, 2.75) is 33.4 Å². The third-order valence-electron chi connectivity index (χ3n) is 3.06. The summed E-state index contributed by atoms with van der Waals surface area (Å²) >= 11 is 3.57. The predicted octanol–water partition coefficient (Wildman–Crippen LogP) is 2.02. The summed E-state index contributed by atoms with van der Waals surface area (Å²) in [6.07, 6.45) is 2.59. The van der Waals surface area contributed by atoms with Crippen LogP contribution in [0.4, 0.5) is 5.69 Å². The molecule has 0 saturated heterocycles. The Bertz CT molecular complexity index is 645. The molecule has 2 rings (SSSR count). The molecular weight excluding hydrogens is 308 g/mol. The van der Waals surface area contributed by atoms with Gasteiger partial charge in [0, 0.05) is 12.7 Å². The zero-order chi connectivity index (χ0) is 14.0. The largest absolute Gasteiger partial charge is 0.394 e. The van der Waals surface area contributed by atoms with Crippen LogP contribution in [-0.4, -0.2) is 14.3 Å². The van der Waals surface area contributed by atoms with Crippen LogP contribution >= 0.6 is 15.9 Å². The van der Waals surface area contributed by atoms with Gasteiger partial charge >= 0.3 is 0 Å². The van der Waals surface area contributed by atoms with Crippen LogP contribution in [-0.2, 0) is 19.5 Å². The maximum Gasteiger partial charge on any atom is 0.274 e. The van der Waals surface area contributed by atoms with Gasteiger partial charge in [-0.1, -0.05) is 6.92 Å². The number of pyridine rings is 1. The highest BCUT2D eigenvalue weighted by Crippen LogP contribution is 2.22. The lowest BCUT2D eigenvalue weighted by Crippen LogP contribution is -2.23. The summed E-state index contributed by atoms with van der Waals surface area (Å²) in [4.78, 5) is 12.0. The van der Waals surface area contributed by atoms with E-state index in [-0.39, 0.29) is 11.2 Å². The monoisotopic (exact) mass is 324 g/mol. The molecule has 19 heavy (non-hydrogen) atoms. The molecule has 2 heterocycles. The molecular formula is C13H17BrN4O. The lowest BCUT2D eigenvalue weighted by Gasteiger charge is -2.08. The Kier molecular flexibility index (Phi) is 4.09. The second-order valence-electron chi connectivity index (χ2n) is 4.27. The van der Waals surface area contributed by atoms with Crippen molar-refractivity contribution in [3.8, 4) is 0 Å². The van der Waals surface area contributed by atoms with Gasteiger partial charge < -0.3 is 10.3 Å². The highest BCUT2D eigenvalue weighted by Gasteiger charge is 2.14. The van der Waals surface area contributed by atoms with Crippen LogP contribution < -0.4 is 11.3 Å². The van der Waals surface area contributed by atoms with Crippen LogP contribution in [0.2, 0.25) is 0 Å². The van der Waals surface area contributed by atoms with E-state index in [4.69, 9.17) is 5.73 Å². The molecule has 0 aliphatic rings. The molecule has 0 unspecified atom stereocenters. The Morgan fingerprint density at radius 3 is 2.79 bits per heavy atom. The zero-order valence-corrected chi connectivity index (χ0v) is 12.6. The van der Waals surface area contributed by atoms with Crippen molar-refractivity contribution >= 4 is 21.6 Å². The SMILES string of the molecule is CCc1nn(CC)c(Cn2cccc(N)c2=O)c1Br. The quantitative estimate of drug-likeness (QED) is 0.935. The van der Waals surface area contributed by atoms with E-state index in [1.165, 1.54) is 0 Å². The van der Waals surface area contributed by atoms with E-state index in [0.717, 1.165) is 28.8 Å². The van der Waals surface area contributed by atoms with Crippen LogP contribution in [0.3, 0.4) is 0 Å². The molecule has 0 aliphatic heterocycles. The van der Waals surface area contributed by atoms with E-state index in [1.54, 1.807) is 22.9 Å². The van der Waals surface area contributed by atoms with Gasteiger partial charge in [-0.3, -0.25) is 9.48 Å². The Hall–Kier alpha value is -1.56. The first kappa shape index (κ1) is 13.9. The fourth-order valence-electron chi connectivity index (χ4n) is 2.01. The topological polar surface area (TPSA) is 65.8 Å². The highest BCUT2D eigenvalue weighted by molar-refractivity contribution is 9.10. The normalized spacial score (nSPS) is 10.9. The van der Waals surface area contributed by atoms with E-state index in [0.29, 0.717) is 6.54 Å². The molecule has 5 nitrogen and oxygen atoms in total. The molecule has 0 aromatic carbocycles. The fraction of sp³-hybridized carbons (Fsp3) is 0.385. The van der Waals surface area contributed by atoms with Crippen molar-refractivity contribution in [3.63, 3.8) is 0 Å². The van der Waals surface area contributed by atoms with Gasteiger partial charge in [0.2, 0.25) is 0 Å². The Balaban J connectivity index is 2.46. The van der Waals surface area contributed by atoms with Crippen LogP contribution in [0, 0.1) is 0 Å². The lowest BCUT2D eigenvalue weighted by molar-refractivity contribution is 0.589. The van der Waals surface area contributed by atoms with E-state index in [2.05, 4.69) is 28.0 Å². The number of anilines is 1. The van der Waals surface area contributed by atoms with Crippen LogP contribution in [0.15, 0.2) is 27.6 Å². The van der Waals surface area contributed by atoms with Gasteiger partial charge in [-0.2, -0.15) is 5.10 Å². The van der Waals surface area contributed by atoms with Crippen molar-refractivity contribution in [1.29, 1.82) is 0 Å². The summed E-state index contributed by atoms with van der Waals surface area (Å²) in [5, 5.41) is 4.52. The second-order valence-corrected chi connectivity index (χ2v) is 5.07. The van der Waals surface area contributed by atoms with Crippen molar-refractivity contribution in [2.75, 3.05) is 5.73 Å². The number of aryl methyl sites for hydroxylation is 2. The third-order valence-corrected chi connectivity index (χ3v) is 3.98. The lowest BCUT2D eigenvalue weighted by atomic mass is 10.3. The highest BCUT2D eigenvalue weighted by atomic mass is 79.9. The van der Waals surface area contributed by atoms with Crippen molar-refractivity contribution in [2.24, 2.45) is 0 Å². The summed E-state index contributed by atoms with van der Waals surface area (Å²) in [6, 6.07) is 3.39. The third kappa shape index (κ3) is 2.58. The smallest absolute Gasteiger partial charge is 0.274 e. The molecule has 0 aliphatic carbocycles. The number of nitrogen functional groups attached to an aromatic ring is 1. The van der Waals surface area contributed by atoms with Gasteiger partial charge in [0.25, 0.3) is 5.56 Å². The number of rotatable bonds is 4. The average molecular weight is 325 g/mol. The second kappa shape index (κ2) is 5.61. The fourth-order valence-corrected chi connectivity index (χ4v) is 2.70. The van der Waals surface area contributed by atoms with E-state index in [1.807, 2.05) is 11.6 Å². The Morgan fingerprint density at radius 1 is 1.42 bits per heavy atom. The van der Waals surface area contributed by atoms with Gasteiger partial charge in [-0.25, -0.2) is 0 Å². The van der Waals surface area contributed by atoms with E-state index >= 15 is 0 Å². The summed E-state index contributed by atoms with van der Waals surface area (Å²) in [7, 11) is 0. The van der Waals surface area contributed by atoms with Gasteiger partial charge in [0.15, 0.2) is 0 Å². The molecule has 2 N–H and O–H groups in total. The minimum Gasteiger partial charge on any atom is -0.394 e. The number of nitrogens with two attached hydrogens (primary N) is 1. The molecule has 0 fully saturated rings. The zero-order valence-electron chi connectivity index (χ0n) is 11.1.